The number of hydrogen-bond acceptors (Lipinski definition) is 8. The third-order valence-corrected chi connectivity index (χ3v) is 9.57. The van der Waals surface area contributed by atoms with Gasteiger partial charge in [0.05, 0.1) is 17.4 Å². The summed E-state index contributed by atoms with van der Waals surface area (Å²) < 4.78 is 15.1. The summed E-state index contributed by atoms with van der Waals surface area (Å²) in [6.45, 7) is 9.59. The minimum atomic E-state index is -1.60. The van der Waals surface area contributed by atoms with Crippen LogP contribution in [0.4, 0.5) is 5.69 Å². The summed E-state index contributed by atoms with van der Waals surface area (Å²) in [6.07, 6.45) is 0.989. The topological polar surface area (TPSA) is 133 Å². The molecule has 2 aliphatic heterocycles. The van der Waals surface area contributed by atoms with E-state index in [0.717, 1.165) is 62.5 Å². The molecule has 12 heteroatoms. The van der Waals surface area contributed by atoms with Crippen LogP contribution in [0.1, 0.15) is 17.5 Å². The summed E-state index contributed by atoms with van der Waals surface area (Å²) in [7, 11) is -1.60. The lowest BCUT2D eigenvalue weighted by molar-refractivity contribution is -0.131. The van der Waals surface area contributed by atoms with Crippen LogP contribution in [0.3, 0.4) is 0 Å². The third-order valence-electron chi connectivity index (χ3n) is 8.09. The van der Waals surface area contributed by atoms with Crippen LogP contribution in [0.5, 0.6) is 0 Å². The SMILES string of the molecule is Cc1ccc(S(=O)c2n[nH]n3c2nc(=O)c2ccc(N4CCN(CC(=O)N5CCC(CN)C5)CC4)cc23)c(C)c1. The second-order valence-electron chi connectivity index (χ2n) is 10.8. The fourth-order valence-corrected chi connectivity index (χ4v) is 6.91. The highest BCUT2D eigenvalue weighted by Gasteiger charge is 2.28. The molecule has 1 amide bonds. The minimum absolute atomic E-state index is 0.178. The molecular weight excluding hydrogens is 528 g/mol. The van der Waals surface area contributed by atoms with Crippen molar-refractivity contribution in [2.45, 2.75) is 30.2 Å². The van der Waals surface area contributed by atoms with Crippen molar-refractivity contribution in [3.8, 4) is 0 Å². The van der Waals surface area contributed by atoms with E-state index in [1.54, 1.807) is 10.6 Å². The van der Waals surface area contributed by atoms with E-state index in [-0.39, 0.29) is 22.1 Å². The summed E-state index contributed by atoms with van der Waals surface area (Å²) in [5, 5.41) is 7.94. The number of nitrogens with two attached hydrogens (primary N) is 1. The Labute approximate surface area is 234 Å². The zero-order valence-corrected chi connectivity index (χ0v) is 23.6. The standard InChI is InChI=1S/C28H34N8O3S/c1-18-3-6-24(19(2)13-18)40(39)28-26-30-27(38)22-5-4-21(14-23(22)36(26)32-31-28)34-11-9-33(10-12-34)17-25(37)35-8-7-20(15-29)16-35/h3-6,13-14,20,32H,7-12,15-17,29H2,1-2H3. The number of nitrogens with one attached hydrogen (secondary N) is 1. The van der Waals surface area contributed by atoms with Gasteiger partial charge in [-0.3, -0.25) is 14.5 Å². The first kappa shape index (κ1) is 26.6. The number of nitrogens with zero attached hydrogens (tertiary/aromatic N) is 6. The Hall–Kier alpha value is -3.61. The Morgan fingerprint density at radius 2 is 1.90 bits per heavy atom. The number of aromatic amines is 1. The number of fused-ring (bicyclic) bond motifs is 3. The number of amides is 1. The fourth-order valence-electron chi connectivity index (χ4n) is 5.74. The van der Waals surface area contributed by atoms with Crippen molar-refractivity contribution in [2.75, 3.05) is 57.3 Å². The first-order valence-electron chi connectivity index (χ1n) is 13.7. The number of H-pyrrole nitrogens is 1. The Morgan fingerprint density at radius 3 is 2.62 bits per heavy atom. The molecule has 4 heterocycles. The molecule has 2 aromatic carbocycles. The molecule has 3 N–H and O–H groups in total. The van der Waals surface area contributed by atoms with Gasteiger partial charge in [0.25, 0.3) is 5.56 Å². The van der Waals surface area contributed by atoms with E-state index in [4.69, 9.17) is 5.73 Å². The van der Waals surface area contributed by atoms with E-state index in [1.807, 2.05) is 49.1 Å². The highest BCUT2D eigenvalue weighted by molar-refractivity contribution is 7.85. The van der Waals surface area contributed by atoms with Crippen molar-refractivity contribution in [1.82, 2.24) is 29.6 Å². The van der Waals surface area contributed by atoms with Crippen LogP contribution < -0.4 is 16.2 Å². The van der Waals surface area contributed by atoms with Crippen molar-refractivity contribution >= 4 is 38.9 Å². The maximum absolute atomic E-state index is 13.5. The Balaban J connectivity index is 1.22. The van der Waals surface area contributed by atoms with Gasteiger partial charge in [-0.25, -0.2) is 13.9 Å². The number of anilines is 1. The van der Waals surface area contributed by atoms with Crippen molar-refractivity contribution in [3.63, 3.8) is 0 Å². The highest BCUT2D eigenvalue weighted by atomic mass is 32.2. The second-order valence-corrected chi connectivity index (χ2v) is 12.2. The molecule has 2 saturated heterocycles. The number of likely N-dealkylation sites (tertiary alicyclic amines) is 1. The van der Waals surface area contributed by atoms with Gasteiger partial charge in [-0.05, 0) is 62.6 Å². The molecule has 2 atom stereocenters. The van der Waals surface area contributed by atoms with E-state index in [9.17, 15) is 13.8 Å². The van der Waals surface area contributed by atoms with Crippen LogP contribution in [-0.2, 0) is 15.6 Å². The summed E-state index contributed by atoms with van der Waals surface area (Å²) in [5.41, 5.74) is 9.22. The van der Waals surface area contributed by atoms with Gasteiger partial charge in [-0.2, -0.15) is 4.98 Å². The number of hydrogen-bond donors (Lipinski definition) is 2. The molecule has 11 nitrogen and oxygen atoms in total. The van der Waals surface area contributed by atoms with Crippen LogP contribution >= 0.6 is 0 Å². The van der Waals surface area contributed by atoms with Gasteiger partial charge in [-0.15, -0.1) is 5.10 Å². The Bertz CT molecular complexity index is 1670. The molecule has 0 spiro atoms. The molecule has 0 saturated carbocycles. The molecule has 6 rings (SSSR count). The Kier molecular flexibility index (Phi) is 7.15. The summed E-state index contributed by atoms with van der Waals surface area (Å²) in [4.78, 5) is 37.0. The third kappa shape index (κ3) is 4.91. The molecule has 0 aliphatic carbocycles. The van der Waals surface area contributed by atoms with E-state index in [0.29, 0.717) is 34.8 Å². The molecule has 2 fully saturated rings. The zero-order valence-electron chi connectivity index (χ0n) is 22.8. The van der Waals surface area contributed by atoms with Crippen molar-refractivity contribution in [1.29, 1.82) is 0 Å². The number of aromatic nitrogens is 4. The summed E-state index contributed by atoms with van der Waals surface area (Å²) in [5.74, 6) is 0.596. The lowest BCUT2D eigenvalue weighted by Crippen LogP contribution is -2.50. The second kappa shape index (κ2) is 10.8. The van der Waals surface area contributed by atoms with E-state index in [2.05, 4.69) is 25.1 Å². The molecule has 2 aromatic heterocycles. The summed E-state index contributed by atoms with van der Waals surface area (Å²) >= 11 is 0. The van der Waals surface area contributed by atoms with Gasteiger partial charge in [0.15, 0.2) is 10.7 Å². The lowest BCUT2D eigenvalue weighted by Gasteiger charge is -2.36. The van der Waals surface area contributed by atoms with E-state index < -0.39 is 10.8 Å². The number of benzene rings is 2. The molecular formula is C28H34N8O3S. The average Bonchev–Trinajstić information content (AvgIpc) is 3.61. The average molecular weight is 563 g/mol. The molecule has 0 bridgehead atoms. The van der Waals surface area contributed by atoms with Gasteiger partial charge in [-0.1, -0.05) is 17.7 Å². The maximum Gasteiger partial charge on any atom is 0.281 e. The fraction of sp³-hybridized carbons (Fsp3) is 0.429. The van der Waals surface area contributed by atoms with Crippen molar-refractivity contribution in [2.24, 2.45) is 11.7 Å². The highest BCUT2D eigenvalue weighted by Crippen LogP contribution is 2.26. The lowest BCUT2D eigenvalue weighted by atomic mass is 10.1. The predicted octanol–water partition coefficient (Wildman–Crippen LogP) is 1.28. The van der Waals surface area contributed by atoms with E-state index in [1.165, 1.54) is 0 Å². The quantitative estimate of drug-likeness (QED) is 0.359. The number of rotatable bonds is 6. The van der Waals surface area contributed by atoms with Crippen molar-refractivity contribution < 1.29 is 9.00 Å². The van der Waals surface area contributed by atoms with Crippen molar-refractivity contribution in [3.05, 3.63) is 57.9 Å². The van der Waals surface area contributed by atoms with Gasteiger partial charge in [0, 0.05) is 49.9 Å². The molecule has 40 heavy (non-hydrogen) atoms. The van der Waals surface area contributed by atoms with Crippen LogP contribution in [0, 0.1) is 19.8 Å². The minimum Gasteiger partial charge on any atom is -0.369 e. The number of carbonyl (C=O) groups is 1. The van der Waals surface area contributed by atoms with Gasteiger partial charge in [0.1, 0.15) is 10.8 Å². The predicted molar refractivity (Wildman–Crippen MR) is 154 cm³/mol. The normalized spacial score (nSPS) is 19.1. The molecule has 4 aromatic rings. The van der Waals surface area contributed by atoms with Crippen LogP contribution in [0.2, 0.25) is 0 Å². The zero-order chi connectivity index (χ0) is 28.0. The monoisotopic (exact) mass is 562 g/mol. The first-order valence-corrected chi connectivity index (χ1v) is 14.8. The molecule has 2 aliphatic rings. The van der Waals surface area contributed by atoms with E-state index >= 15 is 0 Å². The summed E-state index contributed by atoms with van der Waals surface area (Å²) in [6, 6.07) is 11.4. The van der Waals surface area contributed by atoms with Gasteiger partial charge >= 0.3 is 0 Å². The van der Waals surface area contributed by atoms with Crippen LogP contribution in [0.25, 0.3) is 16.6 Å². The molecule has 2 unspecified atom stereocenters. The largest absolute Gasteiger partial charge is 0.369 e. The van der Waals surface area contributed by atoms with Crippen LogP contribution in [-0.4, -0.2) is 92.1 Å². The van der Waals surface area contributed by atoms with Crippen LogP contribution in [0.15, 0.2) is 51.1 Å². The maximum atomic E-state index is 13.5. The first-order chi connectivity index (χ1) is 19.3. The number of carbonyl (C=O) groups excluding carboxylic acids is 1. The van der Waals surface area contributed by atoms with Gasteiger partial charge in [0.2, 0.25) is 5.91 Å². The number of aryl methyl sites for hydroxylation is 2. The Morgan fingerprint density at radius 1 is 1.10 bits per heavy atom. The van der Waals surface area contributed by atoms with Gasteiger partial charge < -0.3 is 15.5 Å². The number of piperazine rings is 1. The smallest absolute Gasteiger partial charge is 0.281 e. The molecule has 210 valence electrons. The molecule has 0 radical (unpaired) electrons.